The molecule has 0 unspecified atom stereocenters. The van der Waals surface area contributed by atoms with Crippen LogP contribution in [0.3, 0.4) is 0 Å². The highest BCUT2D eigenvalue weighted by Gasteiger charge is 2.20. The maximum absolute atomic E-state index is 12.6. The van der Waals surface area contributed by atoms with Crippen LogP contribution in [0, 0.1) is 0 Å². The molecule has 0 aliphatic carbocycles. The normalized spacial score (nSPS) is 12.0. The van der Waals surface area contributed by atoms with E-state index < -0.39 is 19.9 Å². The van der Waals surface area contributed by atoms with E-state index in [0.29, 0.717) is 11.1 Å². The zero-order valence-corrected chi connectivity index (χ0v) is 16.2. The van der Waals surface area contributed by atoms with Gasteiger partial charge in [0.2, 0.25) is 0 Å². The average molecular weight is 434 g/mol. The average Bonchev–Trinajstić information content (AvgIpc) is 2.48. The number of sulfonamides is 1. The molecule has 0 amide bonds. The number of halogens is 1. The summed E-state index contributed by atoms with van der Waals surface area (Å²) in [7, 11) is -7.23. The number of hydrogen-bond acceptors (Lipinski definition) is 5. The molecule has 1 N–H and O–H groups in total. The molecule has 130 valence electrons. The summed E-state index contributed by atoms with van der Waals surface area (Å²) in [6.07, 6.45) is 1.09. The number of benzene rings is 2. The maximum Gasteiger partial charge on any atom is 0.265 e. The molecule has 9 heteroatoms. The van der Waals surface area contributed by atoms with Crippen LogP contribution in [0.2, 0.25) is 0 Å². The molecule has 2 aromatic rings. The van der Waals surface area contributed by atoms with Gasteiger partial charge in [-0.3, -0.25) is 4.72 Å². The van der Waals surface area contributed by atoms with E-state index in [1.165, 1.54) is 30.3 Å². The molecule has 2 aromatic carbocycles. The van der Waals surface area contributed by atoms with Crippen molar-refractivity contribution in [2.45, 2.75) is 16.7 Å². The molecule has 0 aliphatic rings. The van der Waals surface area contributed by atoms with Crippen molar-refractivity contribution in [2.24, 2.45) is 0 Å². The van der Waals surface area contributed by atoms with Gasteiger partial charge in [0.15, 0.2) is 9.84 Å². The Kier molecular flexibility index (Phi) is 5.56. The van der Waals surface area contributed by atoms with E-state index in [-0.39, 0.29) is 21.2 Å². The molecule has 0 fully saturated rings. The van der Waals surface area contributed by atoms with Crippen LogP contribution in [-0.2, 0) is 19.9 Å². The molecule has 6 nitrogen and oxygen atoms in total. The van der Waals surface area contributed by atoms with Crippen molar-refractivity contribution < 1.29 is 21.6 Å². The zero-order valence-electron chi connectivity index (χ0n) is 13.0. The van der Waals surface area contributed by atoms with Crippen molar-refractivity contribution in [1.82, 2.24) is 0 Å². The van der Waals surface area contributed by atoms with Crippen molar-refractivity contribution >= 4 is 41.5 Å². The Labute approximate surface area is 150 Å². The summed E-state index contributed by atoms with van der Waals surface area (Å²) in [6, 6.07) is 10.2. The maximum atomic E-state index is 12.6. The fourth-order valence-corrected chi connectivity index (χ4v) is 4.32. The minimum absolute atomic E-state index is 0.00841. The molecule has 0 spiro atoms. The first-order valence-corrected chi connectivity index (χ1v) is 11.1. The highest BCUT2D eigenvalue weighted by molar-refractivity contribution is 9.10. The van der Waals surface area contributed by atoms with Gasteiger partial charge in [0.25, 0.3) is 10.0 Å². The number of nitrogens with one attached hydrogen (secondary N) is 1. The summed E-state index contributed by atoms with van der Waals surface area (Å²) < 4.78 is 56.5. The number of rotatable bonds is 6. The first-order valence-electron chi connectivity index (χ1n) is 6.89. The third-order valence-corrected chi connectivity index (χ3v) is 6.05. The summed E-state index contributed by atoms with van der Waals surface area (Å²) in [6.45, 7) is 2.09. The van der Waals surface area contributed by atoms with Crippen molar-refractivity contribution in [2.75, 3.05) is 17.6 Å². The van der Waals surface area contributed by atoms with Gasteiger partial charge in [0.05, 0.1) is 11.5 Å². The van der Waals surface area contributed by atoms with E-state index in [0.717, 1.165) is 6.26 Å². The fourth-order valence-electron chi connectivity index (χ4n) is 1.95. The number of hydrogen-bond donors (Lipinski definition) is 1. The predicted molar refractivity (Wildman–Crippen MR) is 95.7 cm³/mol. The molecule has 0 radical (unpaired) electrons. The van der Waals surface area contributed by atoms with Crippen molar-refractivity contribution in [1.29, 1.82) is 0 Å². The highest BCUT2D eigenvalue weighted by Crippen LogP contribution is 2.29. The van der Waals surface area contributed by atoms with E-state index in [1.807, 2.05) is 0 Å². The van der Waals surface area contributed by atoms with Crippen LogP contribution in [0.5, 0.6) is 5.75 Å². The number of anilines is 1. The third kappa shape index (κ3) is 4.49. The zero-order chi connectivity index (χ0) is 18.0. The van der Waals surface area contributed by atoms with Crippen LogP contribution >= 0.6 is 15.9 Å². The predicted octanol–water partition coefficient (Wildman–Crippen LogP) is 3.05. The molecule has 24 heavy (non-hydrogen) atoms. The Morgan fingerprint density at radius 2 is 1.67 bits per heavy atom. The van der Waals surface area contributed by atoms with E-state index in [1.54, 1.807) is 19.1 Å². The Morgan fingerprint density at radius 3 is 2.21 bits per heavy atom. The van der Waals surface area contributed by atoms with Gasteiger partial charge in [-0.15, -0.1) is 0 Å². The summed E-state index contributed by atoms with van der Waals surface area (Å²) in [5.74, 6) is 0.237. The lowest BCUT2D eigenvalue weighted by Crippen LogP contribution is -2.14. The smallest absolute Gasteiger partial charge is 0.265 e. The van der Waals surface area contributed by atoms with Crippen molar-refractivity contribution in [3.63, 3.8) is 0 Å². The fraction of sp³-hybridized carbons (Fsp3) is 0.200. The van der Waals surface area contributed by atoms with Gasteiger partial charge in [0, 0.05) is 16.4 Å². The van der Waals surface area contributed by atoms with Gasteiger partial charge in [-0.05, 0) is 49.4 Å². The van der Waals surface area contributed by atoms with Crippen LogP contribution < -0.4 is 9.46 Å². The summed E-state index contributed by atoms with van der Waals surface area (Å²) in [4.78, 5) is 0.105. The first kappa shape index (κ1) is 18.8. The molecular weight excluding hydrogens is 418 g/mol. The number of ether oxygens (including phenoxy) is 1. The minimum atomic E-state index is -3.89. The van der Waals surface area contributed by atoms with E-state index >= 15 is 0 Å². The SMILES string of the molecule is CCOc1ccc(Br)cc1S(=O)(=O)Nc1ccc(S(C)(=O)=O)cc1. The van der Waals surface area contributed by atoms with Gasteiger partial charge in [-0.25, -0.2) is 16.8 Å². The summed E-state index contributed by atoms with van der Waals surface area (Å²) >= 11 is 3.24. The molecule has 0 atom stereocenters. The van der Waals surface area contributed by atoms with Crippen LogP contribution in [-0.4, -0.2) is 29.7 Å². The second kappa shape index (κ2) is 7.12. The molecule has 2 rings (SSSR count). The first-order chi connectivity index (χ1) is 11.1. The second-order valence-corrected chi connectivity index (χ2v) is 9.51. The highest BCUT2D eigenvalue weighted by atomic mass is 79.9. The quantitative estimate of drug-likeness (QED) is 0.755. The summed E-state index contributed by atoms with van der Waals surface area (Å²) in [5, 5.41) is 0. The molecule has 0 saturated heterocycles. The molecule has 0 bridgehead atoms. The third-order valence-electron chi connectivity index (χ3n) is 3.03. The number of sulfone groups is 1. The lowest BCUT2D eigenvalue weighted by molar-refractivity contribution is 0.331. The van der Waals surface area contributed by atoms with E-state index in [2.05, 4.69) is 20.7 Å². The lowest BCUT2D eigenvalue weighted by Gasteiger charge is -2.13. The standard InChI is InChI=1S/C15H16BrNO5S2/c1-3-22-14-9-4-11(16)10-15(14)24(20,21)17-12-5-7-13(8-6-12)23(2,18)19/h4-10,17H,3H2,1-2H3. The lowest BCUT2D eigenvalue weighted by atomic mass is 10.3. The summed E-state index contributed by atoms with van der Waals surface area (Å²) in [5.41, 5.74) is 0.254. The van der Waals surface area contributed by atoms with Crippen LogP contribution in [0.1, 0.15) is 6.92 Å². The minimum Gasteiger partial charge on any atom is -0.492 e. The topological polar surface area (TPSA) is 89.5 Å². The second-order valence-electron chi connectivity index (χ2n) is 4.93. The van der Waals surface area contributed by atoms with Crippen molar-refractivity contribution in [3.8, 4) is 5.75 Å². The Morgan fingerprint density at radius 1 is 1.04 bits per heavy atom. The van der Waals surface area contributed by atoms with E-state index in [4.69, 9.17) is 4.74 Å². The van der Waals surface area contributed by atoms with Crippen LogP contribution in [0.15, 0.2) is 56.7 Å². The van der Waals surface area contributed by atoms with Gasteiger partial charge in [-0.2, -0.15) is 0 Å². The Balaban J connectivity index is 2.37. The van der Waals surface area contributed by atoms with E-state index in [9.17, 15) is 16.8 Å². The van der Waals surface area contributed by atoms with Gasteiger partial charge in [-0.1, -0.05) is 15.9 Å². The Hall–Kier alpha value is -1.58. The van der Waals surface area contributed by atoms with Gasteiger partial charge < -0.3 is 4.74 Å². The molecule has 0 aliphatic heterocycles. The van der Waals surface area contributed by atoms with Crippen LogP contribution in [0.25, 0.3) is 0 Å². The molecule has 0 heterocycles. The largest absolute Gasteiger partial charge is 0.492 e. The monoisotopic (exact) mass is 433 g/mol. The molecule has 0 saturated carbocycles. The van der Waals surface area contributed by atoms with Gasteiger partial charge in [0.1, 0.15) is 10.6 Å². The van der Waals surface area contributed by atoms with Gasteiger partial charge >= 0.3 is 0 Å². The molecule has 0 aromatic heterocycles. The Bertz CT molecular complexity index is 938. The molecular formula is C15H16BrNO5S2. The van der Waals surface area contributed by atoms with Crippen LogP contribution in [0.4, 0.5) is 5.69 Å². The van der Waals surface area contributed by atoms with Crippen molar-refractivity contribution in [3.05, 3.63) is 46.9 Å².